The van der Waals surface area contributed by atoms with Crippen LogP contribution < -0.4 is 16.0 Å². The highest BCUT2D eigenvalue weighted by atomic mass is 16.3. The smallest absolute Gasteiger partial charge is 0.251 e. The maximum Gasteiger partial charge on any atom is 0.251 e. The van der Waals surface area contributed by atoms with E-state index in [-0.39, 0.29) is 17.4 Å². The van der Waals surface area contributed by atoms with Gasteiger partial charge >= 0.3 is 0 Å². The van der Waals surface area contributed by atoms with Crippen molar-refractivity contribution in [3.8, 4) is 0 Å². The summed E-state index contributed by atoms with van der Waals surface area (Å²) in [4.78, 5) is 11.7. The lowest BCUT2D eigenvalue weighted by Gasteiger charge is -2.39. The minimum Gasteiger partial charge on any atom is -0.390 e. The fraction of sp³-hybridized carbons (Fsp3) is 0.409. The maximum absolute atomic E-state index is 11.7. The zero-order valence-corrected chi connectivity index (χ0v) is 15.7. The van der Waals surface area contributed by atoms with Crippen LogP contribution in [0.25, 0.3) is 0 Å². The van der Waals surface area contributed by atoms with Crippen LogP contribution >= 0.6 is 0 Å². The molecule has 1 aliphatic heterocycles. The molecule has 2 atom stereocenters. The van der Waals surface area contributed by atoms with Crippen molar-refractivity contribution in [2.75, 3.05) is 20.1 Å². The first kappa shape index (κ1) is 18.2. The zero-order valence-electron chi connectivity index (χ0n) is 15.7. The van der Waals surface area contributed by atoms with Gasteiger partial charge in [0.2, 0.25) is 0 Å². The van der Waals surface area contributed by atoms with Crippen LogP contribution in [0.1, 0.15) is 45.9 Å². The predicted octanol–water partition coefficient (Wildman–Crippen LogP) is 1.87. The van der Waals surface area contributed by atoms with Gasteiger partial charge in [-0.25, -0.2) is 0 Å². The number of hydrogen-bond acceptors (Lipinski definition) is 4. The largest absolute Gasteiger partial charge is 0.390 e. The number of aliphatic hydroxyl groups is 1. The fourth-order valence-corrected chi connectivity index (χ4v) is 4.68. The summed E-state index contributed by atoms with van der Waals surface area (Å²) < 4.78 is 0. The van der Waals surface area contributed by atoms with Crippen molar-refractivity contribution >= 4 is 5.91 Å². The Morgan fingerprint density at radius 1 is 1.15 bits per heavy atom. The van der Waals surface area contributed by atoms with Crippen LogP contribution in [0.2, 0.25) is 0 Å². The summed E-state index contributed by atoms with van der Waals surface area (Å²) in [7, 11) is 1.63. The van der Waals surface area contributed by atoms with Gasteiger partial charge in [-0.3, -0.25) is 4.79 Å². The molecule has 1 aliphatic carbocycles. The number of hydrogen-bond donors (Lipinski definition) is 4. The van der Waals surface area contributed by atoms with E-state index in [0.717, 1.165) is 31.5 Å². The minimum atomic E-state index is -0.429. The summed E-state index contributed by atoms with van der Waals surface area (Å²) in [6.07, 6.45) is 1.50. The molecule has 4 rings (SSSR count). The molecule has 0 unspecified atom stereocenters. The summed E-state index contributed by atoms with van der Waals surface area (Å²) in [6, 6.07) is 16.0. The van der Waals surface area contributed by atoms with E-state index < -0.39 is 6.10 Å². The summed E-state index contributed by atoms with van der Waals surface area (Å²) in [5.41, 5.74) is 4.11. The van der Waals surface area contributed by atoms with Crippen LogP contribution in [-0.2, 0) is 12.0 Å². The van der Waals surface area contributed by atoms with E-state index in [2.05, 4.69) is 40.2 Å². The van der Waals surface area contributed by atoms with E-state index in [1.165, 1.54) is 11.1 Å². The Morgan fingerprint density at radius 2 is 1.85 bits per heavy atom. The van der Waals surface area contributed by atoms with Gasteiger partial charge in [0.05, 0.1) is 12.1 Å². The lowest BCUT2D eigenvalue weighted by Crippen LogP contribution is -2.47. The monoisotopic (exact) mass is 365 g/mol. The molecule has 1 fully saturated rings. The first-order valence-electron chi connectivity index (χ1n) is 9.68. The van der Waals surface area contributed by atoms with Crippen molar-refractivity contribution in [2.24, 2.45) is 0 Å². The van der Waals surface area contributed by atoms with Crippen LogP contribution in [0.3, 0.4) is 0 Å². The van der Waals surface area contributed by atoms with Gasteiger partial charge < -0.3 is 21.1 Å². The molecular formula is C22H27N3O2. The number of rotatable bonds is 4. The van der Waals surface area contributed by atoms with Gasteiger partial charge in [-0.2, -0.15) is 0 Å². The van der Waals surface area contributed by atoms with Gasteiger partial charge in [-0.05, 0) is 54.8 Å². The van der Waals surface area contributed by atoms with E-state index in [4.69, 9.17) is 0 Å². The van der Waals surface area contributed by atoms with Crippen molar-refractivity contribution in [3.05, 3.63) is 70.8 Å². The Labute approximate surface area is 160 Å². The molecule has 2 aliphatic rings. The van der Waals surface area contributed by atoms with Crippen molar-refractivity contribution in [3.63, 3.8) is 0 Å². The third-order valence-corrected chi connectivity index (χ3v) is 6.18. The number of fused-ring (bicyclic) bond motifs is 2. The molecule has 142 valence electrons. The standard InChI is InChI=1S/C22H27N3O2/c1-23-21(27)16-8-6-15(7-9-16)14-25-19-17-4-2-3-5-18(17)22(20(19)26)10-12-24-13-11-22/h2-9,19-20,24-26H,10-14H2,1H3,(H,23,27)/t19-,20+/m0/s1. The van der Waals surface area contributed by atoms with Gasteiger partial charge in [0.25, 0.3) is 5.91 Å². The number of nitrogens with one attached hydrogen (secondary N) is 3. The Bertz CT molecular complexity index is 813. The van der Waals surface area contributed by atoms with E-state index >= 15 is 0 Å². The van der Waals surface area contributed by atoms with E-state index in [1.54, 1.807) is 7.05 Å². The number of carbonyl (C=O) groups is 1. The lowest BCUT2D eigenvalue weighted by molar-refractivity contribution is 0.0439. The molecule has 2 aromatic carbocycles. The lowest BCUT2D eigenvalue weighted by atomic mass is 9.72. The topological polar surface area (TPSA) is 73.4 Å². The molecule has 1 amide bonds. The van der Waals surface area contributed by atoms with E-state index in [0.29, 0.717) is 12.1 Å². The van der Waals surface area contributed by atoms with Crippen LogP contribution in [0.4, 0.5) is 0 Å². The van der Waals surface area contributed by atoms with Gasteiger partial charge in [0, 0.05) is 24.6 Å². The van der Waals surface area contributed by atoms with Crippen molar-refractivity contribution in [2.45, 2.75) is 36.9 Å². The first-order chi connectivity index (χ1) is 13.2. The Morgan fingerprint density at radius 3 is 2.56 bits per heavy atom. The quantitative estimate of drug-likeness (QED) is 0.668. The van der Waals surface area contributed by atoms with Crippen LogP contribution in [0, 0.1) is 0 Å². The molecule has 1 heterocycles. The summed E-state index contributed by atoms with van der Waals surface area (Å²) in [6.45, 7) is 2.54. The predicted molar refractivity (Wildman–Crippen MR) is 106 cm³/mol. The number of amides is 1. The van der Waals surface area contributed by atoms with Crippen molar-refractivity contribution < 1.29 is 9.90 Å². The van der Waals surface area contributed by atoms with Gasteiger partial charge in [0.15, 0.2) is 0 Å². The molecule has 0 bridgehead atoms. The van der Waals surface area contributed by atoms with Gasteiger partial charge in [-0.1, -0.05) is 36.4 Å². The maximum atomic E-state index is 11.7. The number of piperidine rings is 1. The van der Waals surface area contributed by atoms with Crippen LogP contribution in [-0.4, -0.2) is 37.3 Å². The third kappa shape index (κ3) is 3.16. The molecule has 5 nitrogen and oxygen atoms in total. The van der Waals surface area contributed by atoms with Gasteiger partial charge in [0.1, 0.15) is 0 Å². The molecule has 2 aromatic rings. The molecule has 0 aromatic heterocycles. The minimum absolute atomic E-state index is 0.0714. The SMILES string of the molecule is CNC(=O)c1ccc(CN[C@H]2c3ccccc3C3(CCNCC3)[C@@H]2O)cc1. The zero-order chi connectivity index (χ0) is 18.9. The average molecular weight is 365 g/mol. The molecule has 0 radical (unpaired) electrons. The molecule has 1 saturated heterocycles. The van der Waals surface area contributed by atoms with E-state index in [9.17, 15) is 9.90 Å². The fourth-order valence-electron chi connectivity index (χ4n) is 4.68. The molecule has 27 heavy (non-hydrogen) atoms. The Balaban J connectivity index is 1.53. The summed E-state index contributed by atoms with van der Waals surface area (Å²) in [5.74, 6) is -0.0810. The highest BCUT2D eigenvalue weighted by Gasteiger charge is 2.51. The van der Waals surface area contributed by atoms with Crippen molar-refractivity contribution in [1.82, 2.24) is 16.0 Å². The first-order valence-corrected chi connectivity index (χ1v) is 9.68. The molecular weight excluding hydrogens is 338 g/mol. The third-order valence-electron chi connectivity index (χ3n) is 6.18. The van der Waals surface area contributed by atoms with Crippen molar-refractivity contribution in [1.29, 1.82) is 0 Å². The van der Waals surface area contributed by atoms with Crippen LogP contribution in [0.5, 0.6) is 0 Å². The molecule has 4 N–H and O–H groups in total. The Kier molecular flexibility index (Phi) is 5.00. The highest BCUT2D eigenvalue weighted by Crippen LogP contribution is 2.50. The number of benzene rings is 2. The highest BCUT2D eigenvalue weighted by molar-refractivity contribution is 5.93. The second kappa shape index (κ2) is 7.43. The number of aliphatic hydroxyl groups excluding tert-OH is 1. The van der Waals surface area contributed by atoms with Crippen LogP contribution in [0.15, 0.2) is 48.5 Å². The number of carbonyl (C=O) groups excluding carboxylic acids is 1. The van der Waals surface area contributed by atoms with E-state index in [1.807, 2.05) is 24.3 Å². The summed E-state index contributed by atoms with van der Waals surface area (Å²) in [5, 5.41) is 20.9. The second-order valence-corrected chi connectivity index (χ2v) is 7.57. The van der Waals surface area contributed by atoms with Gasteiger partial charge in [-0.15, -0.1) is 0 Å². The molecule has 5 heteroatoms. The summed E-state index contributed by atoms with van der Waals surface area (Å²) >= 11 is 0. The molecule has 0 saturated carbocycles. The average Bonchev–Trinajstić information content (AvgIpc) is 2.95. The Hall–Kier alpha value is -2.21. The second-order valence-electron chi connectivity index (χ2n) is 7.57. The normalized spacial score (nSPS) is 23.2. The molecule has 1 spiro atoms.